The Hall–Kier alpha value is 0.0900. The van der Waals surface area contributed by atoms with Crippen LogP contribution in [0.1, 0.15) is 26.7 Å². The minimum atomic E-state index is -3.29. The van der Waals surface area contributed by atoms with Crippen molar-refractivity contribution in [2.45, 2.75) is 30.9 Å². The predicted octanol–water partition coefficient (Wildman–Crippen LogP) is 3.32. The van der Waals surface area contributed by atoms with Gasteiger partial charge in [-0.15, -0.1) is 11.3 Å². The predicted molar refractivity (Wildman–Crippen MR) is 73.8 cm³/mol. The Morgan fingerprint density at radius 3 is 2.41 bits per heavy atom. The fraction of sp³-hybridized carbons (Fsp3) is 0.636. The smallest absolute Gasteiger partial charge is 0.206 e. The Bertz CT molecular complexity index is 497. The molecule has 1 aliphatic heterocycles. The van der Waals surface area contributed by atoms with E-state index >= 15 is 0 Å². The lowest BCUT2D eigenvalue weighted by Gasteiger charge is -2.35. The molecular weight excluding hydrogens is 322 g/mol. The molecule has 1 aliphatic rings. The van der Waals surface area contributed by atoms with E-state index in [9.17, 15) is 8.42 Å². The highest BCUT2D eigenvalue weighted by Gasteiger charge is 2.34. The molecular formula is C11H16BrNO2S2. The molecule has 0 radical (unpaired) electrons. The quantitative estimate of drug-likeness (QED) is 0.830. The average Bonchev–Trinajstić information content (AvgIpc) is 2.64. The maximum atomic E-state index is 12.4. The Balaban J connectivity index is 2.22. The van der Waals surface area contributed by atoms with Crippen molar-refractivity contribution in [3.63, 3.8) is 0 Å². The first-order chi connectivity index (χ1) is 7.83. The lowest BCUT2D eigenvalue weighted by Crippen LogP contribution is -2.40. The molecule has 2 rings (SSSR count). The van der Waals surface area contributed by atoms with Gasteiger partial charge in [-0.1, -0.05) is 13.8 Å². The molecule has 0 aliphatic carbocycles. The molecule has 2 heterocycles. The van der Waals surface area contributed by atoms with Crippen LogP contribution in [-0.4, -0.2) is 25.8 Å². The van der Waals surface area contributed by atoms with Crippen molar-refractivity contribution in [1.82, 2.24) is 4.31 Å². The molecule has 1 saturated heterocycles. The van der Waals surface area contributed by atoms with Crippen LogP contribution in [0.25, 0.3) is 0 Å². The third-order valence-electron chi connectivity index (χ3n) is 3.23. The van der Waals surface area contributed by atoms with Gasteiger partial charge < -0.3 is 0 Å². The van der Waals surface area contributed by atoms with E-state index < -0.39 is 10.0 Å². The number of thiophene rings is 1. The molecule has 1 aromatic rings. The van der Waals surface area contributed by atoms with Crippen LogP contribution in [0, 0.1) is 5.41 Å². The summed E-state index contributed by atoms with van der Waals surface area (Å²) in [7, 11) is -3.29. The van der Waals surface area contributed by atoms with Gasteiger partial charge in [0.15, 0.2) is 0 Å². The molecule has 1 fully saturated rings. The lowest BCUT2D eigenvalue weighted by atomic mass is 9.83. The van der Waals surface area contributed by atoms with E-state index in [1.165, 1.54) is 11.3 Å². The normalized spacial score (nSPS) is 21.6. The molecule has 6 heteroatoms. The van der Waals surface area contributed by atoms with E-state index in [2.05, 4.69) is 29.8 Å². The highest BCUT2D eigenvalue weighted by atomic mass is 79.9. The number of rotatable bonds is 2. The SMILES string of the molecule is CC1(C)CCN(S(=O)(=O)c2sccc2Br)CC1. The van der Waals surface area contributed by atoms with Crippen LogP contribution in [0.15, 0.2) is 20.1 Å². The largest absolute Gasteiger partial charge is 0.253 e. The molecule has 0 spiro atoms. The second-order valence-electron chi connectivity index (χ2n) is 5.12. The Labute approximate surface area is 115 Å². The van der Waals surface area contributed by atoms with Crippen molar-refractivity contribution in [3.05, 3.63) is 15.9 Å². The van der Waals surface area contributed by atoms with Gasteiger partial charge in [0.1, 0.15) is 4.21 Å². The molecule has 3 nitrogen and oxygen atoms in total. The standard InChI is InChI=1S/C11H16BrNO2S2/c1-11(2)4-6-13(7-5-11)17(14,15)10-9(12)3-8-16-10/h3,8H,4-7H2,1-2H3. The zero-order chi connectivity index (χ0) is 12.7. The summed E-state index contributed by atoms with van der Waals surface area (Å²) in [5.41, 5.74) is 0.263. The number of hydrogen-bond donors (Lipinski definition) is 0. The number of nitrogens with zero attached hydrogens (tertiary/aromatic N) is 1. The van der Waals surface area contributed by atoms with E-state index in [0.29, 0.717) is 21.8 Å². The van der Waals surface area contributed by atoms with Gasteiger partial charge in [-0.25, -0.2) is 8.42 Å². The number of halogens is 1. The van der Waals surface area contributed by atoms with Crippen LogP contribution in [0.5, 0.6) is 0 Å². The highest BCUT2D eigenvalue weighted by molar-refractivity contribution is 9.10. The summed E-state index contributed by atoms with van der Waals surface area (Å²) < 4.78 is 27.5. The van der Waals surface area contributed by atoms with Crippen molar-refractivity contribution in [1.29, 1.82) is 0 Å². The third kappa shape index (κ3) is 2.75. The second-order valence-corrected chi connectivity index (χ2v) is 9.03. The fourth-order valence-electron chi connectivity index (χ4n) is 1.91. The topological polar surface area (TPSA) is 37.4 Å². The molecule has 96 valence electrons. The molecule has 0 unspecified atom stereocenters. The molecule has 0 atom stereocenters. The third-order valence-corrected chi connectivity index (χ3v) is 7.78. The summed E-state index contributed by atoms with van der Waals surface area (Å²) in [6.45, 7) is 5.63. The second kappa shape index (κ2) is 4.64. The summed E-state index contributed by atoms with van der Waals surface area (Å²) in [5.74, 6) is 0. The molecule has 17 heavy (non-hydrogen) atoms. The molecule has 1 aromatic heterocycles. The Kier molecular flexibility index (Phi) is 3.69. The van der Waals surface area contributed by atoms with Crippen LogP contribution in [0.2, 0.25) is 0 Å². The first kappa shape index (κ1) is 13.5. The van der Waals surface area contributed by atoms with E-state index in [-0.39, 0.29) is 5.41 Å². The van der Waals surface area contributed by atoms with E-state index in [1.54, 1.807) is 15.8 Å². The minimum absolute atomic E-state index is 0.263. The van der Waals surface area contributed by atoms with E-state index in [0.717, 1.165) is 12.8 Å². The summed E-state index contributed by atoms with van der Waals surface area (Å²) in [6.07, 6.45) is 1.85. The minimum Gasteiger partial charge on any atom is -0.206 e. The summed E-state index contributed by atoms with van der Waals surface area (Å²) >= 11 is 4.57. The van der Waals surface area contributed by atoms with Gasteiger partial charge in [-0.05, 0) is 45.6 Å². The first-order valence-electron chi connectivity index (χ1n) is 5.56. The van der Waals surface area contributed by atoms with Gasteiger partial charge in [-0.3, -0.25) is 0 Å². The molecule has 0 amide bonds. The maximum absolute atomic E-state index is 12.4. The van der Waals surface area contributed by atoms with Crippen molar-refractivity contribution in [2.75, 3.05) is 13.1 Å². The zero-order valence-corrected chi connectivity index (χ0v) is 13.2. The summed E-state index contributed by atoms with van der Waals surface area (Å²) in [4.78, 5) is 0. The number of sulfonamides is 1. The number of hydrogen-bond acceptors (Lipinski definition) is 3. The van der Waals surface area contributed by atoms with Gasteiger partial charge >= 0.3 is 0 Å². The van der Waals surface area contributed by atoms with Crippen LogP contribution in [0.4, 0.5) is 0 Å². The average molecular weight is 338 g/mol. The van der Waals surface area contributed by atoms with Crippen molar-refractivity contribution in [3.8, 4) is 0 Å². The molecule has 0 aromatic carbocycles. The van der Waals surface area contributed by atoms with Gasteiger partial charge in [0.05, 0.1) is 0 Å². The lowest BCUT2D eigenvalue weighted by molar-refractivity contribution is 0.196. The van der Waals surface area contributed by atoms with Crippen molar-refractivity contribution < 1.29 is 8.42 Å². The van der Waals surface area contributed by atoms with Crippen LogP contribution in [0.3, 0.4) is 0 Å². The summed E-state index contributed by atoms with van der Waals surface area (Å²) in [6, 6.07) is 1.78. The fourth-order valence-corrected chi connectivity index (χ4v) is 5.80. The van der Waals surface area contributed by atoms with Gasteiger partial charge in [0, 0.05) is 17.6 Å². The van der Waals surface area contributed by atoms with Gasteiger partial charge in [0.25, 0.3) is 10.0 Å². The van der Waals surface area contributed by atoms with E-state index in [4.69, 9.17) is 0 Å². The van der Waals surface area contributed by atoms with Crippen LogP contribution in [-0.2, 0) is 10.0 Å². The molecule has 0 bridgehead atoms. The zero-order valence-electron chi connectivity index (χ0n) is 9.94. The molecule has 0 saturated carbocycles. The Morgan fingerprint density at radius 1 is 1.35 bits per heavy atom. The molecule has 0 N–H and O–H groups in total. The summed E-state index contributed by atoms with van der Waals surface area (Å²) in [5, 5.41) is 1.80. The monoisotopic (exact) mass is 337 g/mol. The first-order valence-corrected chi connectivity index (χ1v) is 8.67. The van der Waals surface area contributed by atoms with Crippen molar-refractivity contribution in [2.24, 2.45) is 5.41 Å². The van der Waals surface area contributed by atoms with Gasteiger partial charge in [-0.2, -0.15) is 4.31 Å². The highest BCUT2D eigenvalue weighted by Crippen LogP contribution is 2.35. The van der Waals surface area contributed by atoms with Crippen LogP contribution < -0.4 is 0 Å². The maximum Gasteiger partial charge on any atom is 0.253 e. The van der Waals surface area contributed by atoms with Crippen molar-refractivity contribution >= 4 is 37.3 Å². The van der Waals surface area contributed by atoms with Crippen LogP contribution >= 0.6 is 27.3 Å². The van der Waals surface area contributed by atoms with Gasteiger partial charge in [0.2, 0.25) is 0 Å². The van der Waals surface area contributed by atoms with E-state index in [1.807, 2.05) is 0 Å². The number of piperidine rings is 1. The Morgan fingerprint density at radius 2 is 1.94 bits per heavy atom.